The van der Waals surface area contributed by atoms with Crippen LogP contribution in [-0.2, 0) is 0 Å². The van der Waals surface area contributed by atoms with Gasteiger partial charge in [-0.3, -0.25) is 0 Å². The van der Waals surface area contributed by atoms with Crippen LogP contribution in [0.1, 0.15) is 19.5 Å². The number of anilines is 2. The Hall–Kier alpha value is -1.29. The molecule has 0 fully saturated rings. The number of nitrogens with two attached hydrogens (primary N) is 1. The van der Waals surface area contributed by atoms with Crippen LogP contribution in [0, 0.1) is 12.8 Å². The first kappa shape index (κ1) is 14.8. The Morgan fingerprint density at radius 3 is 2.44 bits per heavy atom. The molecule has 0 aliphatic heterocycles. The summed E-state index contributed by atoms with van der Waals surface area (Å²) in [6, 6.07) is 3.90. The molecule has 0 aromatic carbocycles. The molecule has 4 heteroatoms. The van der Waals surface area contributed by atoms with Gasteiger partial charge in [-0.2, -0.15) is 0 Å². The van der Waals surface area contributed by atoms with Crippen molar-refractivity contribution in [2.24, 2.45) is 5.92 Å². The smallest absolute Gasteiger partial charge is 0.152 e. The number of pyridine rings is 1. The number of hydrogen-bond acceptors (Lipinski definition) is 4. The topological polar surface area (TPSA) is 45.4 Å². The molecule has 0 bridgehead atoms. The second kappa shape index (κ2) is 6.59. The van der Waals surface area contributed by atoms with Gasteiger partial charge in [-0.05, 0) is 39.1 Å². The summed E-state index contributed by atoms with van der Waals surface area (Å²) in [6.45, 7) is 9.37. The number of nitrogen functional groups attached to an aromatic ring is 1. The standard InChI is InChI=1S/C14H26N4/c1-11(2)10-18(9-8-17(4)5)14-13(15)7-6-12(3)16-14/h6-7,11H,8-10,15H2,1-5H3. The summed E-state index contributed by atoms with van der Waals surface area (Å²) in [5.74, 6) is 1.51. The number of nitrogens with zero attached hydrogens (tertiary/aromatic N) is 3. The quantitative estimate of drug-likeness (QED) is 0.839. The van der Waals surface area contributed by atoms with Gasteiger partial charge in [-0.15, -0.1) is 0 Å². The average molecular weight is 250 g/mol. The highest BCUT2D eigenvalue weighted by molar-refractivity contribution is 5.62. The summed E-state index contributed by atoms with van der Waals surface area (Å²) in [5.41, 5.74) is 7.83. The predicted octanol–water partition coefficient (Wildman–Crippen LogP) is 2.00. The Morgan fingerprint density at radius 2 is 1.89 bits per heavy atom. The van der Waals surface area contributed by atoms with E-state index in [1.165, 1.54) is 0 Å². The zero-order valence-electron chi connectivity index (χ0n) is 12.3. The summed E-state index contributed by atoms with van der Waals surface area (Å²) >= 11 is 0. The summed E-state index contributed by atoms with van der Waals surface area (Å²) in [6.07, 6.45) is 0. The molecule has 0 saturated carbocycles. The number of rotatable bonds is 6. The van der Waals surface area contributed by atoms with Crippen molar-refractivity contribution in [3.63, 3.8) is 0 Å². The average Bonchev–Trinajstić information content (AvgIpc) is 2.27. The lowest BCUT2D eigenvalue weighted by molar-refractivity contribution is 0.408. The monoisotopic (exact) mass is 250 g/mol. The first-order valence-electron chi connectivity index (χ1n) is 6.53. The third-order valence-corrected chi connectivity index (χ3v) is 2.75. The maximum absolute atomic E-state index is 6.05. The molecule has 18 heavy (non-hydrogen) atoms. The maximum Gasteiger partial charge on any atom is 0.152 e. The molecule has 0 spiro atoms. The van der Waals surface area contributed by atoms with E-state index in [0.717, 1.165) is 36.8 Å². The van der Waals surface area contributed by atoms with Gasteiger partial charge in [0.2, 0.25) is 0 Å². The van der Waals surface area contributed by atoms with E-state index in [4.69, 9.17) is 5.73 Å². The number of aryl methyl sites for hydroxylation is 1. The maximum atomic E-state index is 6.05. The molecule has 0 aliphatic carbocycles. The third kappa shape index (κ3) is 4.53. The zero-order chi connectivity index (χ0) is 13.7. The molecule has 1 rings (SSSR count). The van der Waals surface area contributed by atoms with Crippen LogP contribution in [0.5, 0.6) is 0 Å². The summed E-state index contributed by atoms with van der Waals surface area (Å²) in [4.78, 5) is 9.05. The minimum atomic E-state index is 0.592. The van der Waals surface area contributed by atoms with Gasteiger partial charge in [0.15, 0.2) is 5.82 Å². The zero-order valence-corrected chi connectivity index (χ0v) is 12.3. The van der Waals surface area contributed by atoms with Crippen molar-refractivity contribution in [1.29, 1.82) is 0 Å². The van der Waals surface area contributed by atoms with Gasteiger partial charge < -0.3 is 15.5 Å². The number of hydrogen-bond donors (Lipinski definition) is 1. The van der Waals surface area contributed by atoms with Crippen LogP contribution in [0.15, 0.2) is 12.1 Å². The van der Waals surface area contributed by atoms with E-state index in [-0.39, 0.29) is 0 Å². The molecule has 0 aliphatic rings. The lowest BCUT2D eigenvalue weighted by Crippen LogP contribution is -2.35. The molecule has 2 N–H and O–H groups in total. The van der Waals surface area contributed by atoms with E-state index in [1.807, 2.05) is 19.1 Å². The van der Waals surface area contributed by atoms with Crippen LogP contribution in [0.2, 0.25) is 0 Å². The summed E-state index contributed by atoms with van der Waals surface area (Å²) in [7, 11) is 4.17. The normalized spacial score (nSPS) is 11.3. The molecule has 0 amide bonds. The minimum absolute atomic E-state index is 0.592. The highest BCUT2D eigenvalue weighted by atomic mass is 15.2. The molecular formula is C14H26N4. The fourth-order valence-electron chi connectivity index (χ4n) is 1.85. The highest BCUT2D eigenvalue weighted by Crippen LogP contribution is 2.21. The molecule has 0 saturated heterocycles. The predicted molar refractivity (Wildman–Crippen MR) is 79.0 cm³/mol. The van der Waals surface area contributed by atoms with Gasteiger partial charge >= 0.3 is 0 Å². The Balaban J connectivity index is 2.89. The highest BCUT2D eigenvalue weighted by Gasteiger charge is 2.13. The van der Waals surface area contributed by atoms with E-state index in [1.54, 1.807) is 0 Å². The van der Waals surface area contributed by atoms with Gasteiger partial charge in [0, 0.05) is 25.3 Å². The fourth-order valence-corrected chi connectivity index (χ4v) is 1.85. The van der Waals surface area contributed by atoms with Gasteiger partial charge in [-0.25, -0.2) is 4.98 Å². The van der Waals surface area contributed by atoms with E-state index in [2.05, 4.69) is 42.7 Å². The SMILES string of the molecule is Cc1ccc(N)c(N(CCN(C)C)CC(C)C)n1. The van der Waals surface area contributed by atoms with Crippen LogP contribution in [-0.4, -0.2) is 43.6 Å². The minimum Gasteiger partial charge on any atom is -0.396 e. The van der Waals surface area contributed by atoms with E-state index >= 15 is 0 Å². The Labute approximate surface area is 111 Å². The molecule has 102 valence electrons. The van der Waals surface area contributed by atoms with Crippen molar-refractivity contribution in [3.05, 3.63) is 17.8 Å². The summed E-state index contributed by atoms with van der Waals surface area (Å²) < 4.78 is 0. The molecule has 0 atom stereocenters. The second-order valence-corrected chi connectivity index (χ2v) is 5.51. The largest absolute Gasteiger partial charge is 0.396 e. The second-order valence-electron chi connectivity index (χ2n) is 5.51. The van der Waals surface area contributed by atoms with Crippen molar-refractivity contribution in [2.75, 3.05) is 44.4 Å². The lowest BCUT2D eigenvalue weighted by atomic mass is 10.2. The van der Waals surface area contributed by atoms with Crippen LogP contribution >= 0.6 is 0 Å². The van der Waals surface area contributed by atoms with E-state index in [9.17, 15) is 0 Å². The molecule has 1 aromatic heterocycles. The lowest BCUT2D eigenvalue weighted by Gasteiger charge is -2.28. The van der Waals surface area contributed by atoms with Crippen LogP contribution in [0.25, 0.3) is 0 Å². The van der Waals surface area contributed by atoms with Crippen LogP contribution in [0.4, 0.5) is 11.5 Å². The first-order valence-corrected chi connectivity index (χ1v) is 6.53. The molecule has 0 radical (unpaired) electrons. The van der Waals surface area contributed by atoms with Crippen molar-refractivity contribution in [2.45, 2.75) is 20.8 Å². The molecular weight excluding hydrogens is 224 g/mol. The molecule has 1 aromatic rings. The van der Waals surface area contributed by atoms with Crippen molar-refractivity contribution in [3.8, 4) is 0 Å². The third-order valence-electron chi connectivity index (χ3n) is 2.75. The van der Waals surface area contributed by atoms with Gasteiger partial charge in [-0.1, -0.05) is 13.8 Å². The number of likely N-dealkylation sites (N-methyl/N-ethyl adjacent to an activating group) is 1. The van der Waals surface area contributed by atoms with E-state index < -0.39 is 0 Å². The Bertz CT molecular complexity index is 374. The Kier molecular flexibility index (Phi) is 5.41. The van der Waals surface area contributed by atoms with Gasteiger partial charge in [0.25, 0.3) is 0 Å². The van der Waals surface area contributed by atoms with Crippen molar-refractivity contribution < 1.29 is 0 Å². The Morgan fingerprint density at radius 1 is 1.22 bits per heavy atom. The molecule has 0 unspecified atom stereocenters. The fraction of sp³-hybridized carbons (Fsp3) is 0.643. The van der Waals surface area contributed by atoms with Crippen LogP contribution in [0.3, 0.4) is 0 Å². The summed E-state index contributed by atoms with van der Waals surface area (Å²) in [5, 5.41) is 0. The van der Waals surface area contributed by atoms with Gasteiger partial charge in [0.05, 0.1) is 5.69 Å². The van der Waals surface area contributed by atoms with Crippen molar-refractivity contribution >= 4 is 11.5 Å². The van der Waals surface area contributed by atoms with Crippen LogP contribution < -0.4 is 10.6 Å². The van der Waals surface area contributed by atoms with Gasteiger partial charge in [0.1, 0.15) is 0 Å². The van der Waals surface area contributed by atoms with E-state index in [0.29, 0.717) is 5.92 Å². The molecule has 1 heterocycles. The number of aromatic nitrogens is 1. The molecule has 4 nitrogen and oxygen atoms in total. The first-order chi connectivity index (χ1) is 8.40. The van der Waals surface area contributed by atoms with Crippen molar-refractivity contribution in [1.82, 2.24) is 9.88 Å².